The van der Waals surface area contributed by atoms with Crippen LogP contribution in [-0.2, 0) is 0 Å². The molecule has 1 aromatic rings. The zero-order valence-electron chi connectivity index (χ0n) is 9.15. The van der Waals surface area contributed by atoms with Gasteiger partial charge < -0.3 is 10.5 Å². The third-order valence-corrected chi connectivity index (χ3v) is 1.86. The number of carbonyl (C=O) groups excluding carboxylic acids is 1. The third-order valence-electron chi connectivity index (χ3n) is 1.86. The fourth-order valence-corrected chi connectivity index (χ4v) is 1.18. The Bertz CT molecular complexity index is 560. The molecule has 0 saturated heterocycles. The summed E-state index contributed by atoms with van der Waals surface area (Å²) in [4.78, 5) is 22.9. The summed E-state index contributed by atoms with van der Waals surface area (Å²) in [7, 11) is 0. The van der Waals surface area contributed by atoms with Crippen LogP contribution in [0.25, 0.3) is 0 Å². The highest BCUT2D eigenvalue weighted by molar-refractivity contribution is 5.95. The van der Waals surface area contributed by atoms with Crippen LogP contribution in [0.1, 0.15) is 22.6 Å². The maximum Gasteiger partial charge on any atom is 0.573 e. The maximum atomic E-state index is 12.5. The molecule has 0 aliphatic heterocycles. The van der Waals surface area contributed by atoms with Crippen molar-refractivity contribution in [2.75, 3.05) is 0 Å². The minimum atomic E-state index is -5.37. The van der Waals surface area contributed by atoms with Crippen molar-refractivity contribution < 1.29 is 36.4 Å². The number of nitro groups is 1. The molecule has 2 N–H and O–H groups in total. The summed E-state index contributed by atoms with van der Waals surface area (Å²) < 4.78 is 64.4. The standard InChI is InChI=1S/C8H4F5N3O4/c9-6(10)5-3(20-8(11,12)13)1-2(16(18)19)4(15-5)7(14)17/h1,6H,(H2,14,17). The van der Waals surface area contributed by atoms with Crippen LogP contribution in [0.15, 0.2) is 6.07 Å². The summed E-state index contributed by atoms with van der Waals surface area (Å²) in [6, 6.07) is 0.0159. The molecule has 7 nitrogen and oxygen atoms in total. The van der Waals surface area contributed by atoms with E-state index in [2.05, 4.69) is 15.5 Å². The highest BCUT2D eigenvalue weighted by atomic mass is 19.4. The molecule has 0 aliphatic carbocycles. The maximum absolute atomic E-state index is 12.5. The van der Waals surface area contributed by atoms with E-state index in [9.17, 15) is 36.9 Å². The van der Waals surface area contributed by atoms with Gasteiger partial charge in [0.1, 0.15) is 5.69 Å². The Kier molecular flexibility index (Phi) is 4.06. The largest absolute Gasteiger partial charge is 0.573 e. The first kappa shape index (κ1) is 15.5. The van der Waals surface area contributed by atoms with Crippen LogP contribution in [0, 0.1) is 10.1 Å². The smallest absolute Gasteiger partial charge is 0.403 e. The van der Waals surface area contributed by atoms with E-state index in [0.29, 0.717) is 0 Å². The molecular weight excluding hydrogens is 297 g/mol. The molecule has 12 heteroatoms. The van der Waals surface area contributed by atoms with Gasteiger partial charge in [0.05, 0.1) is 11.0 Å². The number of ether oxygens (including phenoxy) is 1. The summed E-state index contributed by atoms with van der Waals surface area (Å²) >= 11 is 0. The van der Waals surface area contributed by atoms with Gasteiger partial charge in [-0.25, -0.2) is 13.8 Å². The molecule has 0 atom stereocenters. The van der Waals surface area contributed by atoms with Crippen LogP contribution >= 0.6 is 0 Å². The molecule has 1 rings (SSSR count). The predicted octanol–water partition coefficient (Wildman–Crippen LogP) is 1.92. The number of primary amides is 1. The van der Waals surface area contributed by atoms with Crippen molar-refractivity contribution in [3.63, 3.8) is 0 Å². The number of carbonyl (C=O) groups is 1. The van der Waals surface area contributed by atoms with Crippen LogP contribution in [0.3, 0.4) is 0 Å². The molecule has 0 spiro atoms. The van der Waals surface area contributed by atoms with Gasteiger partial charge in [0, 0.05) is 0 Å². The Morgan fingerprint density at radius 1 is 1.45 bits per heavy atom. The topological polar surface area (TPSA) is 108 Å². The Hall–Kier alpha value is -2.53. The van der Waals surface area contributed by atoms with E-state index in [1.165, 1.54) is 0 Å². The summed E-state index contributed by atoms with van der Waals surface area (Å²) in [5.74, 6) is -3.12. The number of nitrogens with zero attached hydrogens (tertiary/aromatic N) is 2. The van der Waals surface area contributed by atoms with Crippen molar-refractivity contribution in [3.8, 4) is 5.75 Å². The van der Waals surface area contributed by atoms with Crippen molar-refractivity contribution in [1.82, 2.24) is 4.98 Å². The molecule has 0 bridgehead atoms. The molecule has 1 heterocycles. The predicted molar refractivity (Wildman–Crippen MR) is 51.0 cm³/mol. The van der Waals surface area contributed by atoms with Crippen molar-refractivity contribution in [2.24, 2.45) is 5.73 Å². The summed E-state index contributed by atoms with van der Waals surface area (Å²) in [5.41, 5.74) is 0.632. The number of halogens is 5. The Balaban J connectivity index is 3.53. The van der Waals surface area contributed by atoms with Crippen LogP contribution in [0.2, 0.25) is 0 Å². The van der Waals surface area contributed by atoms with E-state index < -0.39 is 46.4 Å². The number of nitrogens with two attached hydrogens (primary N) is 1. The number of hydrogen-bond donors (Lipinski definition) is 1. The Morgan fingerprint density at radius 2 is 2.00 bits per heavy atom. The minimum Gasteiger partial charge on any atom is -0.403 e. The first-order valence-corrected chi connectivity index (χ1v) is 4.56. The second kappa shape index (κ2) is 5.22. The monoisotopic (exact) mass is 301 g/mol. The lowest BCUT2D eigenvalue weighted by Crippen LogP contribution is -2.21. The van der Waals surface area contributed by atoms with Crippen LogP contribution in [-0.4, -0.2) is 22.2 Å². The molecular formula is C8H4F5N3O4. The minimum absolute atomic E-state index is 0.0159. The molecule has 0 radical (unpaired) electrons. The molecule has 110 valence electrons. The lowest BCUT2D eigenvalue weighted by molar-refractivity contribution is -0.385. The molecule has 0 unspecified atom stereocenters. The molecule has 0 fully saturated rings. The number of hydrogen-bond acceptors (Lipinski definition) is 5. The van der Waals surface area contributed by atoms with Gasteiger partial charge in [-0.1, -0.05) is 0 Å². The fourth-order valence-electron chi connectivity index (χ4n) is 1.18. The number of alkyl halides is 5. The van der Waals surface area contributed by atoms with Crippen molar-refractivity contribution >= 4 is 11.6 Å². The summed E-state index contributed by atoms with van der Waals surface area (Å²) in [5, 5.41) is 10.6. The van der Waals surface area contributed by atoms with Gasteiger partial charge >= 0.3 is 12.0 Å². The van der Waals surface area contributed by atoms with Gasteiger partial charge in [0.2, 0.25) is 5.69 Å². The zero-order valence-corrected chi connectivity index (χ0v) is 9.15. The number of rotatable bonds is 4. The zero-order chi connectivity index (χ0) is 15.7. The fraction of sp³-hybridized carbons (Fsp3) is 0.250. The molecule has 0 saturated carbocycles. The third kappa shape index (κ3) is 3.49. The van der Waals surface area contributed by atoms with E-state index in [1.54, 1.807) is 0 Å². The van der Waals surface area contributed by atoms with E-state index in [4.69, 9.17) is 0 Å². The van der Waals surface area contributed by atoms with Crippen LogP contribution in [0.5, 0.6) is 5.75 Å². The van der Waals surface area contributed by atoms with E-state index >= 15 is 0 Å². The highest BCUT2D eigenvalue weighted by Gasteiger charge is 2.36. The van der Waals surface area contributed by atoms with E-state index in [-0.39, 0.29) is 6.07 Å². The average Bonchev–Trinajstić information content (AvgIpc) is 2.25. The van der Waals surface area contributed by atoms with E-state index in [0.717, 1.165) is 0 Å². The number of pyridine rings is 1. The lowest BCUT2D eigenvalue weighted by atomic mass is 10.2. The molecule has 0 aliphatic rings. The molecule has 1 aromatic heterocycles. The normalized spacial score (nSPS) is 11.5. The van der Waals surface area contributed by atoms with Gasteiger partial charge in [0.15, 0.2) is 5.75 Å². The summed E-state index contributed by atoms with van der Waals surface area (Å²) in [6.45, 7) is 0. The average molecular weight is 301 g/mol. The van der Waals surface area contributed by atoms with Gasteiger partial charge in [-0.2, -0.15) is 0 Å². The number of aromatic nitrogens is 1. The second-order valence-electron chi connectivity index (χ2n) is 3.21. The van der Waals surface area contributed by atoms with Crippen molar-refractivity contribution in [2.45, 2.75) is 12.8 Å². The second-order valence-corrected chi connectivity index (χ2v) is 3.21. The van der Waals surface area contributed by atoms with Gasteiger partial charge in [-0.3, -0.25) is 14.9 Å². The number of amides is 1. The van der Waals surface area contributed by atoms with Crippen molar-refractivity contribution in [1.29, 1.82) is 0 Å². The molecule has 1 amide bonds. The lowest BCUT2D eigenvalue weighted by Gasteiger charge is -2.12. The van der Waals surface area contributed by atoms with Gasteiger partial charge in [-0.05, 0) is 0 Å². The first-order chi connectivity index (χ1) is 9.03. The Labute approximate surface area is 106 Å². The summed E-state index contributed by atoms with van der Waals surface area (Å²) in [6.07, 6.45) is -8.93. The van der Waals surface area contributed by atoms with E-state index in [1.807, 2.05) is 0 Å². The highest BCUT2D eigenvalue weighted by Crippen LogP contribution is 2.35. The quantitative estimate of drug-likeness (QED) is 0.519. The van der Waals surface area contributed by atoms with Gasteiger partial charge in [0.25, 0.3) is 12.3 Å². The molecule has 20 heavy (non-hydrogen) atoms. The van der Waals surface area contributed by atoms with Crippen molar-refractivity contribution in [3.05, 3.63) is 27.6 Å². The van der Waals surface area contributed by atoms with Crippen LogP contribution < -0.4 is 10.5 Å². The van der Waals surface area contributed by atoms with Gasteiger partial charge in [-0.15, -0.1) is 13.2 Å². The SMILES string of the molecule is NC(=O)c1nc(C(F)F)c(OC(F)(F)F)cc1[N+](=O)[O-]. The molecule has 0 aromatic carbocycles. The Morgan fingerprint density at radius 3 is 2.35 bits per heavy atom. The first-order valence-electron chi connectivity index (χ1n) is 4.56. The van der Waals surface area contributed by atoms with Crippen LogP contribution in [0.4, 0.5) is 27.6 Å².